The number of nitrogen functional groups attached to an aromatic ring is 1. The Morgan fingerprint density at radius 3 is 2.30 bits per heavy atom. The SMILES string of the molecule is Cl.Cl.Nc1nc(CC(=O)N2CCN(N3CCNCC3)CC2)cs1. The maximum atomic E-state index is 12.3. The van der Waals surface area contributed by atoms with Gasteiger partial charge in [0.1, 0.15) is 0 Å². The van der Waals surface area contributed by atoms with E-state index in [9.17, 15) is 4.79 Å². The molecule has 0 radical (unpaired) electrons. The summed E-state index contributed by atoms with van der Waals surface area (Å²) in [7, 11) is 0. The third-order valence-corrected chi connectivity index (χ3v) is 4.73. The number of nitrogens with two attached hydrogens (primary N) is 1. The number of nitrogens with one attached hydrogen (secondary N) is 1. The van der Waals surface area contributed by atoms with Crippen LogP contribution < -0.4 is 11.1 Å². The molecule has 1 aromatic rings. The van der Waals surface area contributed by atoms with Gasteiger partial charge in [0.2, 0.25) is 5.91 Å². The number of carbonyl (C=O) groups excluding carboxylic acids is 1. The summed E-state index contributed by atoms with van der Waals surface area (Å²) in [6.45, 7) is 7.65. The van der Waals surface area contributed by atoms with Crippen LogP contribution >= 0.6 is 36.2 Å². The van der Waals surface area contributed by atoms with Crippen LogP contribution in [0, 0.1) is 0 Å². The maximum absolute atomic E-state index is 12.3. The van der Waals surface area contributed by atoms with Gasteiger partial charge in [0.25, 0.3) is 0 Å². The minimum atomic E-state index is 0. The van der Waals surface area contributed by atoms with Crippen molar-refractivity contribution in [3.05, 3.63) is 11.1 Å². The summed E-state index contributed by atoms with van der Waals surface area (Å²) < 4.78 is 0. The van der Waals surface area contributed by atoms with Gasteiger partial charge >= 0.3 is 0 Å². The number of nitrogens with zero attached hydrogens (tertiary/aromatic N) is 4. The van der Waals surface area contributed by atoms with Gasteiger partial charge in [-0.1, -0.05) is 0 Å². The van der Waals surface area contributed by atoms with Gasteiger partial charge in [0.05, 0.1) is 12.1 Å². The lowest BCUT2D eigenvalue weighted by atomic mass is 10.2. The number of halogens is 2. The Hall–Kier alpha value is -0.640. The third kappa shape index (κ3) is 5.44. The van der Waals surface area contributed by atoms with E-state index < -0.39 is 0 Å². The van der Waals surface area contributed by atoms with Gasteiger partial charge in [-0.05, 0) is 0 Å². The topological polar surface area (TPSA) is 77.7 Å². The summed E-state index contributed by atoms with van der Waals surface area (Å²) in [6.07, 6.45) is 0.362. The van der Waals surface area contributed by atoms with E-state index in [0.29, 0.717) is 11.6 Å². The van der Waals surface area contributed by atoms with Gasteiger partial charge in [-0.15, -0.1) is 36.2 Å². The van der Waals surface area contributed by atoms with Crippen molar-refractivity contribution in [2.45, 2.75) is 6.42 Å². The Balaban J connectivity index is 0.00000132. The first kappa shape index (κ1) is 20.4. The van der Waals surface area contributed by atoms with Crippen molar-refractivity contribution in [3.63, 3.8) is 0 Å². The molecule has 3 N–H and O–H groups in total. The van der Waals surface area contributed by atoms with Crippen molar-refractivity contribution in [3.8, 4) is 0 Å². The normalized spacial score (nSPS) is 19.7. The second-order valence-electron chi connectivity index (χ2n) is 5.39. The Morgan fingerprint density at radius 1 is 1.13 bits per heavy atom. The van der Waals surface area contributed by atoms with E-state index in [1.54, 1.807) is 0 Å². The molecule has 0 atom stereocenters. The molecule has 3 heterocycles. The van der Waals surface area contributed by atoms with Gasteiger partial charge in [0.15, 0.2) is 5.13 Å². The smallest absolute Gasteiger partial charge is 0.228 e. The van der Waals surface area contributed by atoms with Crippen LogP contribution in [0.15, 0.2) is 5.38 Å². The quantitative estimate of drug-likeness (QED) is 0.770. The number of hydrazine groups is 1. The second kappa shape index (κ2) is 9.61. The number of piperazine rings is 2. The fourth-order valence-electron chi connectivity index (χ4n) is 2.83. The molecular formula is C13H24Cl2N6OS. The predicted molar refractivity (Wildman–Crippen MR) is 97.3 cm³/mol. The van der Waals surface area contributed by atoms with Gasteiger partial charge in [-0.3, -0.25) is 4.79 Å². The van der Waals surface area contributed by atoms with E-state index in [-0.39, 0.29) is 30.7 Å². The minimum Gasteiger partial charge on any atom is -0.375 e. The lowest BCUT2D eigenvalue weighted by molar-refractivity contribution is -0.136. The molecule has 0 aromatic carbocycles. The van der Waals surface area contributed by atoms with Crippen LogP contribution in [0.5, 0.6) is 0 Å². The summed E-state index contributed by atoms with van der Waals surface area (Å²) in [4.78, 5) is 18.4. The molecule has 2 saturated heterocycles. The van der Waals surface area contributed by atoms with Crippen molar-refractivity contribution in [1.29, 1.82) is 0 Å². The molecule has 2 aliphatic rings. The summed E-state index contributed by atoms with van der Waals surface area (Å²) in [5.41, 5.74) is 6.38. The van der Waals surface area contributed by atoms with Crippen LogP contribution in [-0.2, 0) is 11.2 Å². The molecule has 132 valence electrons. The van der Waals surface area contributed by atoms with Crippen molar-refractivity contribution >= 4 is 47.2 Å². The van der Waals surface area contributed by atoms with Crippen LogP contribution in [0.2, 0.25) is 0 Å². The average Bonchev–Trinajstić information content (AvgIpc) is 2.93. The highest BCUT2D eigenvalue weighted by atomic mass is 35.5. The maximum Gasteiger partial charge on any atom is 0.228 e. The molecule has 0 aliphatic carbocycles. The van der Waals surface area contributed by atoms with Gasteiger partial charge in [0, 0.05) is 57.7 Å². The van der Waals surface area contributed by atoms with Crippen LogP contribution in [-0.4, -0.2) is 78.2 Å². The molecule has 1 aromatic heterocycles. The van der Waals surface area contributed by atoms with E-state index in [0.717, 1.165) is 58.1 Å². The van der Waals surface area contributed by atoms with Crippen LogP contribution in [0.25, 0.3) is 0 Å². The highest BCUT2D eigenvalue weighted by Gasteiger charge is 2.25. The first-order chi connectivity index (χ1) is 10.2. The summed E-state index contributed by atoms with van der Waals surface area (Å²) in [5, 5.41) is 10.5. The Bertz CT molecular complexity index is 489. The van der Waals surface area contributed by atoms with Crippen molar-refractivity contribution in [1.82, 2.24) is 25.2 Å². The van der Waals surface area contributed by atoms with Crippen LogP contribution in [0.4, 0.5) is 5.13 Å². The lowest BCUT2D eigenvalue weighted by Crippen LogP contribution is -2.59. The lowest BCUT2D eigenvalue weighted by Gasteiger charge is -2.42. The van der Waals surface area contributed by atoms with E-state index in [2.05, 4.69) is 20.3 Å². The van der Waals surface area contributed by atoms with Crippen molar-refractivity contribution in [2.75, 3.05) is 58.1 Å². The average molecular weight is 383 g/mol. The highest BCUT2D eigenvalue weighted by molar-refractivity contribution is 7.13. The number of aromatic nitrogens is 1. The van der Waals surface area contributed by atoms with E-state index in [1.807, 2.05) is 10.3 Å². The van der Waals surface area contributed by atoms with Crippen molar-refractivity contribution in [2.24, 2.45) is 0 Å². The minimum absolute atomic E-state index is 0. The number of thiazole rings is 1. The standard InChI is InChI=1S/C13H22N6OS.2ClH/c14-13-16-11(10-21-13)9-12(20)17-5-7-19(8-6-17)18-3-1-15-2-4-18;;/h10,15H,1-9H2,(H2,14,16);2*1H. The molecule has 1 amide bonds. The zero-order valence-corrected chi connectivity index (χ0v) is 15.4. The molecule has 0 saturated carbocycles. The number of anilines is 1. The third-order valence-electron chi connectivity index (χ3n) is 4.00. The molecule has 0 bridgehead atoms. The van der Waals surface area contributed by atoms with E-state index in [4.69, 9.17) is 5.73 Å². The van der Waals surface area contributed by atoms with E-state index >= 15 is 0 Å². The van der Waals surface area contributed by atoms with Crippen LogP contribution in [0.1, 0.15) is 5.69 Å². The van der Waals surface area contributed by atoms with Gasteiger partial charge in [-0.25, -0.2) is 15.0 Å². The molecule has 7 nitrogen and oxygen atoms in total. The number of amides is 1. The zero-order valence-electron chi connectivity index (χ0n) is 12.9. The number of rotatable bonds is 3. The fourth-order valence-corrected chi connectivity index (χ4v) is 3.40. The Kier molecular flexibility index (Phi) is 8.52. The molecule has 3 rings (SSSR count). The van der Waals surface area contributed by atoms with Gasteiger partial charge < -0.3 is 16.0 Å². The highest BCUT2D eigenvalue weighted by Crippen LogP contribution is 2.13. The summed E-state index contributed by atoms with van der Waals surface area (Å²) in [6, 6.07) is 0. The first-order valence-corrected chi connectivity index (χ1v) is 8.28. The number of hydrogen-bond acceptors (Lipinski definition) is 7. The Labute approximate surface area is 153 Å². The van der Waals surface area contributed by atoms with Gasteiger partial charge in [-0.2, -0.15) is 0 Å². The molecule has 0 unspecified atom stereocenters. The molecule has 23 heavy (non-hydrogen) atoms. The monoisotopic (exact) mass is 382 g/mol. The number of carbonyl (C=O) groups is 1. The van der Waals surface area contributed by atoms with E-state index in [1.165, 1.54) is 11.3 Å². The zero-order chi connectivity index (χ0) is 14.7. The molecule has 0 spiro atoms. The fraction of sp³-hybridized carbons (Fsp3) is 0.692. The second-order valence-corrected chi connectivity index (χ2v) is 6.28. The molecular weight excluding hydrogens is 359 g/mol. The summed E-state index contributed by atoms with van der Waals surface area (Å²) >= 11 is 1.39. The van der Waals surface area contributed by atoms with Crippen molar-refractivity contribution < 1.29 is 4.79 Å². The summed E-state index contributed by atoms with van der Waals surface area (Å²) in [5.74, 6) is 0.153. The predicted octanol–water partition coefficient (Wildman–Crippen LogP) is 0.0758. The van der Waals surface area contributed by atoms with Crippen LogP contribution in [0.3, 0.4) is 0 Å². The molecule has 10 heteroatoms. The largest absolute Gasteiger partial charge is 0.375 e. The number of hydrogen-bond donors (Lipinski definition) is 2. The molecule has 2 fully saturated rings. The Morgan fingerprint density at radius 2 is 1.74 bits per heavy atom. The molecule has 2 aliphatic heterocycles. The first-order valence-electron chi connectivity index (χ1n) is 7.40.